The van der Waals surface area contributed by atoms with Crippen molar-refractivity contribution < 1.29 is 8.42 Å². The van der Waals surface area contributed by atoms with Crippen molar-refractivity contribution in [3.63, 3.8) is 0 Å². The largest absolute Gasteiger partial charge is 0.311 e. The van der Waals surface area contributed by atoms with Crippen molar-refractivity contribution in [1.29, 1.82) is 0 Å². The molecule has 4 nitrogen and oxygen atoms in total. The van der Waals surface area contributed by atoms with Gasteiger partial charge in [-0.15, -0.1) is 11.3 Å². The minimum Gasteiger partial charge on any atom is -0.311 e. The fourth-order valence-electron chi connectivity index (χ4n) is 1.87. The molecule has 0 saturated carbocycles. The van der Waals surface area contributed by atoms with Gasteiger partial charge in [-0.1, -0.05) is 11.6 Å². The van der Waals surface area contributed by atoms with Crippen LogP contribution in [-0.2, 0) is 10.0 Å². The summed E-state index contributed by atoms with van der Waals surface area (Å²) >= 11 is 6.90. The van der Waals surface area contributed by atoms with E-state index in [2.05, 4.69) is 5.32 Å². The van der Waals surface area contributed by atoms with E-state index in [4.69, 9.17) is 11.6 Å². The van der Waals surface area contributed by atoms with Crippen LogP contribution < -0.4 is 5.32 Å². The smallest absolute Gasteiger partial charge is 0.252 e. The summed E-state index contributed by atoms with van der Waals surface area (Å²) in [4.78, 5) is 0. The van der Waals surface area contributed by atoms with Gasteiger partial charge >= 0.3 is 0 Å². The Balaban J connectivity index is 2.31. The van der Waals surface area contributed by atoms with Crippen LogP contribution in [0, 0.1) is 0 Å². The molecular weight excluding hydrogens is 280 g/mol. The second-order valence-corrected chi connectivity index (χ2v) is 8.12. The number of hydrogen-bond donors (Lipinski definition) is 1. The molecule has 7 heteroatoms. The SMILES string of the molecule is C[C@@H]1CN[C@@H](C)CN1S(=O)(=O)c1ccc(Cl)s1. The summed E-state index contributed by atoms with van der Waals surface area (Å²) < 4.78 is 27.2. The predicted octanol–water partition coefficient (Wildman–Crippen LogP) is 1.77. The number of rotatable bonds is 2. The van der Waals surface area contributed by atoms with E-state index in [0.29, 0.717) is 21.6 Å². The molecule has 0 bridgehead atoms. The summed E-state index contributed by atoms with van der Waals surface area (Å²) in [6.45, 7) is 5.07. The van der Waals surface area contributed by atoms with Gasteiger partial charge in [0.15, 0.2) is 0 Å². The molecule has 1 fully saturated rings. The zero-order valence-electron chi connectivity index (χ0n) is 9.68. The lowest BCUT2D eigenvalue weighted by molar-refractivity contribution is 0.245. The summed E-state index contributed by atoms with van der Waals surface area (Å²) in [6.07, 6.45) is 0. The van der Waals surface area contributed by atoms with Gasteiger partial charge in [0, 0.05) is 25.2 Å². The highest BCUT2D eigenvalue weighted by atomic mass is 35.5. The van der Waals surface area contributed by atoms with Crippen LogP contribution in [0.15, 0.2) is 16.3 Å². The summed E-state index contributed by atoms with van der Waals surface area (Å²) in [5, 5.41) is 3.26. The highest BCUT2D eigenvalue weighted by Crippen LogP contribution is 2.29. The van der Waals surface area contributed by atoms with Gasteiger partial charge in [0.25, 0.3) is 10.0 Å². The standard InChI is InChI=1S/C10H15ClN2O2S2/c1-7-6-13(8(2)5-12-7)17(14,15)10-4-3-9(11)16-10/h3-4,7-8,12H,5-6H2,1-2H3/t7-,8+/m0/s1. The van der Waals surface area contributed by atoms with Crippen LogP contribution in [0.2, 0.25) is 4.34 Å². The number of nitrogens with one attached hydrogen (secondary N) is 1. The predicted molar refractivity (Wildman–Crippen MR) is 70.1 cm³/mol. The molecule has 1 aromatic rings. The quantitative estimate of drug-likeness (QED) is 0.904. The third-order valence-corrected chi connectivity index (χ3v) is 6.50. The molecular formula is C10H15ClN2O2S2. The van der Waals surface area contributed by atoms with Gasteiger partial charge in [0.1, 0.15) is 4.21 Å². The molecule has 0 aromatic carbocycles. The minimum atomic E-state index is -3.40. The Hall–Kier alpha value is -0.140. The Morgan fingerprint density at radius 3 is 2.76 bits per heavy atom. The van der Waals surface area contributed by atoms with Crippen molar-refractivity contribution >= 4 is 33.0 Å². The maximum Gasteiger partial charge on any atom is 0.252 e. The maximum atomic E-state index is 12.4. The zero-order chi connectivity index (χ0) is 12.6. The number of piperazine rings is 1. The fourth-order valence-corrected chi connectivity index (χ4v) is 5.21. The Kier molecular flexibility index (Phi) is 3.80. The zero-order valence-corrected chi connectivity index (χ0v) is 12.1. The molecule has 1 aromatic heterocycles. The number of sulfonamides is 1. The van der Waals surface area contributed by atoms with E-state index in [-0.39, 0.29) is 12.1 Å². The highest BCUT2D eigenvalue weighted by molar-refractivity contribution is 7.91. The molecule has 17 heavy (non-hydrogen) atoms. The lowest BCUT2D eigenvalue weighted by Crippen LogP contribution is -2.55. The van der Waals surface area contributed by atoms with Crippen molar-refractivity contribution in [2.24, 2.45) is 0 Å². The molecule has 0 amide bonds. The van der Waals surface area contributed by atoms with Crippen LogP contribution in [0.1, 0.15) is 13.8 Å². The molecule has 1 aliphatic heterocycles. The third-order valence-electron chi connectivity index (χ3n) is 2.82. The molecule has 1 saturated heterocycles. The van der Waals surface area contributed by atoms with Crippen LogP contribution in [0.5, 0.6) is 0 Å². The molecule has 2 heterocycles. The van der Waals surface area contributed by atoms with Crippen LogP contribution in [0.25, 0.3) is 0 Å². The molecule has 0 aliphatic carbocycles. The van der Waals surface area contributed by atoms with Gasteiger partial charge in [-0.2, -0.15) is 4.31 Å². The summed E-state index contributed by atoms with van der Waals surface area (Å²) in [7, 11) is -3.40. The minimum absolute atomic E-state index is 0.0305. The summed E-state index contributed by atoms with van der Waals surface area (Å²) in [5.74, 6) is 0. The fraction of sp³-hybridized carbons (Fsp3) is 0.600. The lowest BCUT2D eigenvalue weighted by atomic mass is 10.2. The lowest BCUT2D eigenvalue weighted by Gasteiger charge is -2.36. The maximum absolute atomic E-state index is 12.4. The molecule has 96 valence electrons. The van der Waals surface area contributed by atoms with Gasteiger partial charge in [0.05, 0.1) is 4.34 Å². The van der Waals surface area contributed by atoms with Crippen molar-refractivity contribution in [3.8, 4) is 0 Å². The molecule has 2 atom stereocenters. The van der Waals surface area contributed by atoms with E-state index in [9.17, 15) is 8.42 Å². The van der Waals surface area contributed by atoms with Crippen molar-refractivity contribution in [3.05, 3.63) is 16.5 Å². The van der Waals surface area contributed by atoms with E-state index < -0.39 is 10.0 Å². The molecule has 2 rings (SSSR count). The van der Waals surface area contributed by atoms with Gasteiger partial charge in [-0.3, -0.25) is 0 Å². The van der Waals surface area contributed by atoms with Crippen molar-refractivity contribution in [2.45, 2.75) is 30.1 Å². The molecule has 1 N–H and O–H groups in total. The first kappa shape index (κ1) is 13.3. The Morgan fingerprint density at radius 2 is 2.18 bits per heavy atom. The van der Waals surface area contributed by atoms with E-state index in [0.717, 1.165) is 11.3 Å². The number of thiophene rings is 1. The first-order valence-electron chi connectivity index (χ1n) is 5.42. The van der Waals surface area contributed by atoms with Crippen LogP contribution in [0.3, 0.4) is 0 Å². The topological polar surface area (TPSA) is 49.4 Å². The average Bonchev–Trinajstić information content (AvgIpc) is 2.69. The normalized spacial score (nSPS) is 27.2. The second kappa shape index (κ2) is 4.85. The van der Waals surface area contributed by atoms with Crippen LogP contribution >= 0.6 is 22.9 Å². The summed E-state index contributed by atoms with van der Waals surface area (Å²) in [5.41, 5.74) is 0. The second-order valence-electron chi connectivity index (χ2n) is 4.29. The first-order valence-corrected chi connectivity index (χ1v) is 8.05. The molecule has 0 unspecified atom stereocenters. The first-order chi connectivity index (χ1) is 7.91. The van der Waals surface area contributed by atoms with E-state index in [1.54, 1.807) is 16.4 Å². The molecule has 0 radical (unpaired) electrons. The van der Waals surface area contributed by atoms with Gasteiger partial charge in [0.2, 0.25) is 0 Å². The number of halogens is 1. The average molecular weight is 295 g/mol. The molecule has 1 aliphatic rings. The van der Waals surface area contributed by atoms with Crippen molar-refractivity contribution in [2.75, 3.05) is 13.1 Å². The van der Waals surface area contributed by atoms with E-state index in [1.807, 2.05) is 13.8 Å². The van der Waals surface area contributed by atoms with E-state index in [1.165, 1.54) is 0 Å². The highest BCUT2D eigenvalue weighted by Gasteiger charge is 2.34. The summed E-state index contributed by atoms with van der Waals surface area (Å²) in [6, 6.07) is 3.34. The van der Waals surface area contributed by atoms with Crippen molar-refractivity contribution in [1.82, 2.24) is 9.62 Å². The van der Waals surface area contributed by atoms with Gasteiger partial charge < -0.3 is 5.32 Å². The van der Waals surface area contributed by atoms with E-state index >= 15 is 0 Å². The monoisotopic (exact) mass is 294 g/mol. The Labute approximate surface area is 111 Å². The Morgan fingerprint density at radius 1 is 1.47 bits per heavy atom. The molecule has 0 spiro atoms. The van der Waals surface area contributed by atoms with Crippen LogP contribution in [-0.4, -0.2) is 37.9 Å². The number of hydrogen-bond acceptors (Lipinski definition) is 4. The van der Waals surface area contributed by atoms with Gasteiger partial charge in [-0.05, 0) is 26.0 Å². The third kappa shape index (κ3) is 2.66. The number of nitrogens with zero attached hydrogens (tertiary/aromatic N) is 1. The van der Waals surface area contributed by atoms with Gasteiger partial charge in [-0.25, -0.2) is 8.42 Å². The Bertz CT molecular complexity index is 500. The van der Waals surface area contributed by atoms with Crippen LogP contribution in [0.4, 0.5) is 0 Å².